The maximum atomic E-state index is 11.3. The molecular weight excluding hydrogens is 168 g/mol. The first-order valence-corrected chi connectivity index (χ1v) is 4.84. The molecule has 0 unspecified atom stereocenters. The van der Waals surface area contributed by atoms with Crippen molar-refractivity contribution in [2.24, 2.45) is 0 Å². The monoisotopic (exact) mass is 184 g/mol. The van der Waals surface area contributed by atoms with Crippen LogP contribution in [-0.4, -0.2) is 29.9 Å². The maximum absolute atomic E-state index is 11.3. The van der Waals surface area contributed by atoms with Crippen LogP contribution >= 0.6 is 0 Å². The summed E-state index contributed by atoms with van der Waals surface area (Å²) in [5.74, 6) is -0.0472. The van der Waals surface area contributed by atoms with E-state index in [1.807, 2.05) is 0 Å². The fraction of sp³-hybridized carbons (Fsp3) is 0.778. The highest BCUT2D eigenvalue weighted by Crippen LogP contribution is 2.08. The van der Waals surface area contributed by atoms with Crippen LogP contribution in [0.15, 0.2) is 0 Å². The van der Waals surface area contributed by atoms with Gasteiger partial charge in [-0.05, 0) is 12.8 Å². The van der Waals surface area contributed by atoms with Gasteiger partial charge in [0.25, 0.3) is 0 Å². The van der Waals surface area contributed by atoms with Crippen LogP contribution in [0.2, 0.25) is 0 Å². The maximum Gasteiger partial charge on any atom is 0.324 e. The molecule has 0 aromatic heterocycles. The Morgan fingerprint density at radius 1 is 1.62 bits per heavy atom. The number of nitrogens with one attached hydrogen (secondary N) is 1. The van der Waals surface area contributed by atoms with Crippen molar-refractivity contribution in [3.63, 3.8) is 0 Å². The molecule has 1 rings (SSSR count). The van der Waals surface area contributed by atoms with E-state index < -0.39 is 0 Å². The Morgan fingerprint density at radius 2 is 2.38 bits per heavy atom. The summed E-state index contributed by atoms with van der Waals surface area (Å²) in [4.78, 5) is 23.7. The van der Waals surface area contributed by atoms with Gasteiger partial charge in [0.1, 0.15) is 0 Å². The summed E-state index contributed by atoms with van der Waals surface area (Å²) in [6.45, 7) is 3.31. The Kier molecular flexibility index (Phi) is 3.73. The zero-order chi connectivity index (χ0) is 9.68. The van der Waals surface area contributed by atoms with Gasteiger partial charge in [-0.1, -0.05) is 13.3 Å². The highest BCUT2D eigenvalue weighted by molar-refractivity contribution is 5.95. The van der Waals surface area contributed by atoms with Crippen LogP contribution in [0.4, 0.5) is 4.79 Å². The number of amides is 3. The summed E-state index contributed by atoms with van der Waals surface area (Å²) in [5.41, 5.74) is 0. The molecule has 1 fully saturated rings. The minimum Gasteiger partial charge on any atom is -0.338 e. The highest BCUT2D eigenvalue weighted by Gasteiger charge is 2.25. The summed E-state index contributed by atoms with van der Waals surface area (Å²) >= 11 is 0. The SMILES string of the molecule is CCCCNC(=O)N1CCCC1=O. The first-order valence-electron chi connectivity index (χ1n) is 4.84. The van der Waals surface area contributed by atoms with Crippen LogP contribution in [0.25, 0.3) is 0 Å². The molecule has 1 aliphatic rings. The summed E-state index contributed by atoms with van der Waals surface area (Å²) in [6.07, 6.45) is 3.34. The van der Waals surface area contributed by atoms with Crippen molar-refractivity contribution in [1.29, 1.82) is 0 Å². The molecular formula is C9H16N2O2. The van der Waals surface area contributed by atoms with Crippen LogP contribution < -0.4 is 5.32 Å². The Morgan fingerprint density at radius 3 is 2.92 bits per heavy atom. The number of hydrogen-bond acceptors (Lipinski definition) is 2. The predicted octanol–water partition coefficient (Wildman–Crippen LogP) is 1.12. The van der Waals surface area contributed by atoms with Crippen LogP contribution in [0.1, 0.15) is 32.6 Å². The molecule has 4 heteroatoms. The van der Waals surface area contributed by atoms with Crippen LogP contribution in [0.5, 0.6) is 0 Å². The normalized spacial score (nSPS) is 16.4. The smallest absolute Gasteiger partial charge is 0.324 e. The van der Waals surface area contributed by atoms with Crippen LogP contribution in [0, 0.1) is 0 Å². The molecule has 13 heavy (non-hydrogen) atoms. The Balaban J connectivity index is 2.26. The third-order valence-electron chi connectivity index (χ3n) is 2.13. The number of rotatable bonds is 3. The van der Waals surface area contributed by atoms with Gasteiger partial charge in [-0.3, -0.25) is 9.69 Å². The van der Waals surface area contributed by atoms with E-state index in [2.05, 4.69) is 12.2 Å². The second-order valence-corrected chi connectivity index (χ2v) is 3.23. The van der Waals surface area contributed by atoms with Gasteiger partial charge in [-0.2, -0.15) is 0 Å². The van der Waals surface area contributed by atoms with E-state index in [0.29, 0.717) is 19.5 Å². The summed E-state index contributed by atoms with van der Waals surface area (Å²) in [6, 6.07) is -0.226. The van der Waals surface area contributed by atoms with Crippen LogP contribution in [-0.2, 0) is 4.79 Å². The molecule has 0 aromatic carbocycles. The molecule has 1 heterocycles. The average molecular weight is 184 g/mol. The van der Waals surface area contributed by atoms with Crippen LogP contribution in [0.3, 0.4) is 0 Å². The van der Waals surface area contributed by atoms with Crippen molar-refractivity contribution in [2.75, 3.05) is 13.1 Å². The Hall–Kier alpha value is -1.06. The largest absolute Gasteiger partial charge is 0.338 e. The van der Waals surface area contributed by atoms with Gasteiger partial charge in [0.05, 0.1) is 0 Å². The summed E-state index contributed by atoms with van der Waals surface area (Å²) in [5, 5.41) is 2.72. The number of unbranched alkanes of at least 4 members (excludes halogenated alkanes) is 1. The highest BCUT2D eigenvalue weighted by atomic mass is 16.2. The number of likely N-dealkylation sites (tertiary alicyclic amines) is 1. The molecule has 4 nitrogen and oxygen atoms in total. The zero-order valence-electron chi connectivity index (χ0n) is 8.01. The molecule has 0 aliphatic carbocycles. The molecule has 0 atom stereocenters. The van der Waals surface area contributed by atoms with E-state index in [0.717, 1.165) is 19.3 Å². The quantitative estimate of drug-likeness (QED) is 0.668. The van der Waals surface area contributed by atoms with Crippen molar-refractivity contribution >= 4 is 11.9 Å². The number of nitrogens with zero attached hydrogens (tertiary/aromatic N) is 1. The minimum atomic E-state index is -0.226. The second-order valence-electron chi connectivity index (χ2n) is 3.23. The van der Waals surface area contributed by atoms with Gasteiger partial charge >= 0.3 is 6.03 Å². The third kappa shape index (κ3) is 2.72. The van der Waals surface area contributed by atoms with Gasteiger partial charge in [0.15, 0.2) is 0 Å². The van der Waals surface area contributed by atoms with Gasteiger partial charge in [0.2, 0.25) is 5.91 Å². The standard InChI is InChI=1S/C9H16N2O2/c1-2-3-6-10-9(13)11-7-4-5-8(11)12/h2-7H2,1H3,(H,10,13). The first-order chi connectivity index (χ1) is 6.25. The molecule has 1 N–H and O–H groups in total. The number of carbonyl (C=O) groups is 2. The van der Waals surface area contributed by atoms with Crippen molar-refractivity contribution in [1.82, 2.24) is 10.2 Å². The van der Waals surface area contributed by atoms with Gasteiger partial charge < -0.3 is 5.32 Å². The molecule has 0 aromatic rings. The van der Waals surface area contributed by atoms with Crippen molar-refractivity contribution in [2.45, 2.75) is 32.6 Å². The lowest BCUT2D eigenvalue weighted by Gasteiger charge is -2.13. The molecule has 0 saturated carbocycles. The van der Waals surface area contributed by atoms with Crippen molar-refractivity contribution in [3.05, 3.63) is 0 Å². The molecule has 0 radical (unpaired) electrons. The number of imide groups is 1. The number of carbonyl (C=O) groups excluding carboxylic acids is 2. The lowest BCUT2D eigenvalue weighted by molar-refractivity contribution is -0.125. The Labute approximate surface area is 78.3 Å². The third-order valence-corrected chi connectivity index (χ3v) is 2.13. The number of urea groups is 1. The topological polar surface area (TPSA) is 49.4 Å². The number of hydrogen-bond donors (Lipinski definition) is 1. The lowest BCUT2D eigenvalue weighted by Crippen LogP contribution is -2.40. The molecule has 74 valence electrons. The summed E-state index contributed by atoms with van der Waals surface area (Å²) in [7, 11) is 0. The molecule has 1 aliphatic heterocycles. The van der Waals surface area contributed by atoms with E-state index in [1.54, 1.807) is 0 Å². The zero-order valence-corrected chi connectivity index (χ0v) is 8.01. The molecule has 0 spiro atoms. The minimum absolute atomic E-state index is 0.0472. The van der Waals surface area contributed by atoms with Gasteiger partial charge in [-0.25, -0.2) is 4.79 Å². The van der Waals surface area contributed by atoms with E-state index >= 15 is 0 Å². The van der Waals surface area contributed by atoms with E-state index in [-0.39, 0.29) is 11.9 Å². The predicted molar refractivity (Wildman–Crippen MR) is 49.3 cm³/mol. The average Bonchev–Trinajstić information content (AvgIpc) is 2.52. The lowest BCUT2D eigenvalue weighted by atomic mass is 10.3. The van der Waals surface area contributed by atoms with Crippen molar-refractivity contribution in [3.8, 4) is 0 Å². The fourth-order valence-corrected chi connectivity index (χ4v) is 1.33. The van der Waals surface area contributed by atoms with Crippen molar-refractivity contribution < 1.29 is 9.59 Å². The van der Waals surface area contributed by atoms with Gasteiger partial charge in [-0.15, -0.1) is 0 Å². The van der Waals surface area contributed by atoms with E-state index in [4.69, 9.17) is 0 Å². The first kappa shape index (κ1) is 10.0. The molecule has 1 saturated heterocycles. The van der Waals surface area contributed by atoms with Gasteiger partial charge in [0, 0.05) is 19.5 Å². The fourth-order valence-electron chi connectivity index (χ4n) is 1.33. The second kappa shape index (κ2) is 4.84. The molecule has 0 bridgehead atoms. The van der Waals surface area contributed by atoms with E-state index in [1.165, 1.54) is 4.90 Å². The summed E-state index contributed by atoms with van der Waals surface area (Å²) < 4.78 is 0. The Bertz CT molecular complexity index is 204. The molecule has 3 amide bonds. The van der Waals surface area contributed by atoms with E-state index in [9.17, 15) is 9.59 Å².